The molecule has 88 valence electrons. The van der Waals surface area contributed by atoms with E-state index < -0.39 is 0 Å². The molecule has 1 atom stereocenters. The standard InChI is InChI=1S/C14H20O2/c1-3-5-6-11-16-13-9-7-12(8-10-13)14(15)4-2/h3,7-10,14-15H,1,4-6,11H2,2H3/t14-/m0/s1. The lowest BCUT2D eigenvalue weighted by atomic mass is 10.1. The second-order valence-corrected chi connectivity index (χ2v) is 3.77. The molecule has 0 saturated carbocycles. The molecule has 1 aromatic carbocycles. The smallest absolute Gasteiger partial charge is 0.119 e. The molecule has 2 heteroatoms. The van der Waals surface area contributed by atoms with Crippen LogP contribution in [0.5, 0.6) is 5.75 Å². The molecule has 2 nitrogen and oxygen atoms in total. The summed E-state index contributed by atoms with van der Waals surface area (Å²) in [5.74, 6) is 0.858. The first kappa shape index (κ1) is 12.8. The van der Waals surface area contributed by atoms with E-state index in [2.05, 4.69) is 6.58 Å². The van der Waals surface area contributed by atoms with Gasteiger partial charge in [-0.25, -0.2) is 0 Å². The van der Waals surface area contributed by atoms with E-state index in [0.29, 0.717) is 6.61 Å². The van der Waals surface area contributed by atoms with Crippen LogP contribution < -0.4 is 4.74 Å². The maximum absolute atomic E-state index is 9.61. The van der Waals surface area contributed by atoms with Crippen LogP contribution in [0.3, 0.4) is 0 Å². The molecule has 0 saturated heterocycles. The van der Waals surface area contributed by atoms with Gasteiger partial charge in [0.1, 0.15) is 5.75 Å². The van der Waals surface area contributed by atoms with Crippen molar-refractivity contribution in [3.8, 4) is 5.75 Å². The van der Waals surface area contributed by atoms with Crippen molar-refractivity contribution >= 4 is 0 Å². The Morgan fingerprint density at radius 3 is 2.62 bits per heavy atom. The summed E-state index contributed by atoms with van der Waals surface area (Å²) in [5, 5.41) is 9.61. The summed E-state index contributed by atoms with van der Waals surface area (Å²) in [6.45, 7) is 6.33. The van der Waals surface area contributed by atoms with Crippen LogP contribution in [0, 0.1) is 0 Å². The molecule has 0 spiro atoms. The average Bonchev–Trinajstić information content (AvgIpc) is 2.34. The number of benzene rings is 1. The quantitative estimate of drug-likeness (QED) is 0.563. The highest BCUT2D eigenvalue weighted by atomic mass is 16.5. The van der Waals surface area contributed by atoms with Crippen molar-refractivity contribution in [1.82, 2.24) is 0 Å². The summed E-state index contributed by atoms with van der Waals surface area (Å²) in [5.41, 5.74) is 0.945. The average molecular weight is 220 g/mol. The van der Waals surface area contributed by atoms with Gasteiger partial charge in [0.05, 0.1) is 12.7 Å². The largest absolute Gasteiger partial charge is 0.494 e. The zero-order valence-corrected chi connectivity index (χ0v) is 9.86. The third-order valence-electron chi connectivity index (χ3n) is 2.47. The lowest BCUT2D eigenvalue weighted by Crippen LogP contribution is -1.98. The highest BCUT2D eigenvalue weighted by molar-refractivity contribution is 5.28. The molecule has 0 aliphatic heterocycles. The predicted molar refractivity (Wildman–Crippen MR) is 66.6 cm³/mol. The molecule has 0 aliphatic carbocycles. The number of aliphatic hydroxyl groups is 1. The fourth-order valence-corrected chi connectivity index (χ4v) is 1.44. The Kier molecular flexibility index (Phi) is 5.65. The molecular formula is C14H20O2. The number of unbranched alkanes of at least 4 members (excludes halogenated alkanes) is 1. The number of rotatable bonds is 7. The molecule has 1 rings (SSSR count). The fourth-order valence-electron chi connectivity index (χ4n) is 1.44. The normalized spacial score (nSPS) is 12.1. The van der Waals surface area contributed by atoms with Gasteiger partial charge in [0, 0.05) is 0 Å². The Morgan fingerprint density at radius 2 is 2.06 bits per heavy atom. The van der Waals surface area contributed by atoms with Crippen LogP contribution in [0.25, 0.3) is 0 Å². The molecule has 1 aromatic rings. The van der Waals surface area contributed by atoms with E-state index in [1.54, 1.807) is 0 Å². The van der Waals surface area contributed by atoms with Crippen molar-refractivity contribution in [2.75, 3.05) is 6.61 Å². The lowest BCUT2D eigenvalue weighted by Gasteiger charge is -2.09. The number of aliphatic hydroxyl groups excluding tert-OH is 1. The molecule has 0 unspecified atom stereocenters. The third-order valence-corrected chi connectivity index (χ3v) is 2.47. The Bertz CT molecular complexity index is 303. The summed E-state index contributed by atoms with van der Waals surface area (Å²) < 4.78 is 5.55. The molecule has 16 heavy (non-hydrogen) atoms. The van der Waals surface area contributed by atoms with Crippen LogP contribution in [0.1, 0.15) is 37.9 Å². The molecule has 0 heterocycles. The monoisotopic (exact) mass is 220 g/mol. The topological polar surface area (TPSA) is 29.5 Å². The van der Waals surface area contributed by atoms with E-state index in [1.165, 1.54) is 0 Å². The first-order valence-electron chi connectivity index (χ1n) is 5.79. The summed E-state index contributed by atoms with van der Waals surface area (Å²) >= 11 is 0. The van der Waals surface area contributed by atoms with Crippen LogP contribution >= 0.6 is 0 Å². The van der Waals surface area contributed by atoms with Gasteiger partial charge in [-0.1, -0.05) is 25.1 Å². The van der Waals surface area contributed by atoms with Gasteiger partial charge >= 0.3 is 0 Å². The molecule has 0 radical (unpaired) electrons. The minimum absolute atomic E-state index is 0.366. The zero-order valence-electron chi connectivity index (χ0n) is 9.86. The molecule has 0 aliphatic rings. The van der Waals surface area contributed by atoms with Gasteiger partial charge in [-0.15, -0.1) is 6.58 Å². The van der Waals surface area contributed by atoms with Gasteiger partial charge < -0.3 is 9.84 Å². The second kappa shape index (κ2) is 7.07. The van der Waals surface area contributed by atoms with Crippen molar-refractivity contribution < 1.29 is 9.84 Å². The third kappa shape index (κ3) is 4.07. The van der Waals surface area contributed by atoms with Gasteiger partial charge in [0.25, 0.3) is 0 Å². The number of hydrogen-bond acceptors (Lipinski definition) is 2. The van der Waals surface area contributed by atoms with Crippen LogP contribution in [-0.4, -0.2) is 11.7 Å². The maximum atomic E-state index is 9.61. The van der Waals surface area contributed by atoms with E-state index in [9.17, 15) is 5.11 Å². The summed E-state index contributed by atoms with van der Waals surface area (Å²) in [6, 6.07) is 7.64. The minimum Gasteiger partial charge on any atom is -0.494 e. The maximum Gasteiger partial charge on any atom is 0.119 e. The van der Waals surface area contributed by atoms with Gasteiger partial charge in [-0.3, -0.25) is 0 Å². The molecular weight excluding hydrogens is 200 g/mol. The number of hydrogen-bond donors (Lipinski definition) is 1. The summed E-state index contributed by atoms with van der Waals surface area (Å²) in [7, 11) is 0. The molecule has 0 fully saturated rings. The van der Waals surface area contributed by atoms with Gasteiger partial charge in [-0.2, -0.15) is 0 Å². The van der Waals surface area contributed by atoms with E-state index in [4.69, 9.17) is 4.74 Å². The van der Waals surface area contributed by atoms with E-state index in [-0.39, 0.29) is 6.10 Å². The lowest BCUT2D eigenvalue weighted by molar-refractivity contribution is 0.173. The van der Waals surface area contributed by atoms with Crippen molar-refractivity contribution in [2.45, 2.75) is 32.3 Å². The first-order chi connectivity index (χ1) is 7.77. The highest BCUT2D eigenvalue weighted by Crippen LogP contribution is 2.19. The molecule has 0 aromatic heterocycles. The van der Waals surface area contributed by atoms with Crippen LogP contribution in [0.4, 0.5) is 0 Å². The van der Waals surface area contributed by atoms with E-state index >= 15 is 0 Å². The molecule has 0 bridgehead atoms. The van der Waals surface area contributed by atoms with Gasteiger partial charge in [-0.05, 0) is 37.0 Å². The molecule has 1 N–H and O–H groups in total. The van der Waals surface area contributed by atoms with Crippen molar-refractivity contribution in [3.63, 3.8) is 0 Å². The highest BCUT2D eigenvalue weighted by Gasteiger charge is 2.03. The zero-order chi connectivity index (χ0) is 11.8. The fraction of sp³-hybridized carbons (Fsp3) is 0.429. The second-order valence-electron chi connectivity index (χ2n) is 3.77. The number of ether oxygens (including phenoxy) is 1. The molecule has 0 amide bonds. The van der Waals surface area contributed by atoms with Crippen molar-refractivity contribution in [3.05, 3.63) is 42.5 Å². The SMILES string of the molecule is C=CCCCOc1ccc([C@@H](O)CC)cc1. The Hall–Kier alpha value is -1.28. The summed E-state index contributed by atoms with van der Waals surface area (Å²) in [6.07, 6.45) is 4.23. The van der Waals surface area contributed by atoms with Crippen molar-refractivity contribution in [1.29, 1.82) is 0 Å². The Morgan fingerprint density at radius 1 is 1.38 bits per heavy atom. The van der Waals surface area contributed by atoms with Gasteiger partial charge in [0.15, 0.2) is 0 Å². The predicted octanol–water partition coefficient (Wildman–Crippen LogP) is 3.48. The van der Waals surface area contributed by atoms with Crippen molar-refractivity contribution in [2.24, 2.45) is 0 Å². The van der Waals surface area contributed by atoms with Crippen LogP contribution in [0.15, 0.2) is 36.9 Å². The van der Waals surface area contributed by atoms with E-state index in [0.717, 1.165) is 30.6 Å². The Labute approximate surface area is 97.6 Å². The van der Waals surface area contributed by atoms with E-state index in [1.807, 2.05) is 37.3 Å². The summed E-state index contributed by atoms with van der Waals surface area (Å²) in [4.78, 5) is 0. The minimum atomic E-state index is -0.366. The van der Waals surface area contributed by atoms with Gasteiger partial charge in [0.2, 0.25) is 0 Å². The number of allylic oxidation sites excluding steroid dienone is 1. The first-order valence-corrected chi connectivity index (χ1v) is 5.79. The van der Waals surface area contributed by atoms with Crippen LogP contribution in [-0.2, 0) is 0 Å². The Balaban J connectivity index is 2.42. The van der Waals surface area contributed by atoms with Crippen LogP contribution in [0.2, 0.25) is 0 Å².